The monoisotopic (exact) mass is 208 g/mol. The zero-order chi connectivity index (χ0) is 11.7. The molecule has 1 atom stereocenters. The highest BCUT2D eigenvalue weighted by atomic mass is 16.5. The van der Waals surface area contributed by atoms with Gasteiger partial charge in [0, 0.05) is 12.8 Å². The Balaban J connectivity index is 4.23. The molecular weight excluding hydrogens is 188 g/mol. The Kier molecular flexibility index (Phi) is 7.33. The lowest BCUT2D eigenvalue weighted by Gasteiger charge is -2.12. The van der Waals surface area contributed by atoms with E-state index in [0.29, 0.717) is 6.42 Å². The molecule has 2 heteroatoms. The summed E-state index contributed by atoms with van der Waals surface area (Å²) in [6.45, 7) is 9.30. The molecule has 0 bridgehead atoms. The minimum atomic E-state index is -0.152. The molecule has 2 nitrogen and oxygen atoms in total. The Labute approximate surface area is 92.3 Å². The predicted molar refractivity (Wildman–Crippen MR) is 63.6 cm³/mol. The molecule has 0 heterocycles. The molecule has 84 valence electrons. The van der Waals surface area contributed by atoms with Crippen LogP contribution in [-0.2, 0) is 9.53 Å². The van der Waals surface area contributed by atoms with Crippen molar-refractivity contribution in [3.63, 3.8) is 0 Å². The number of hydrogen-bond donors (Lipinski definition) is 0. The fourth-order valence-electron chi connectivity index (χ4n) is 1.24. The van der Waals surface area contributed by atoms with Crippen molar-refractivity contribution in [2.24, 2.45) is 0 Å². The summed E-state index contributed by atoms with van der Waals surface area (Å²) in [4.78, 5) is 11.0. The van der Waals surface area contributed by atoms with Crippen molar-refractivity contribution in [2.75, 3.05) is 0 Å². The summed E-state index contributed by atoms with van der Waals surface area (Å²) < 4.78 is 5.17. The number of carbonyl (C=O) groups is 1. The van der Waals surface area contributed by atoms with Gasteiger partial charge in [-0.15, -0.1) is 0 Å². The molecule has 0 aliphatic rings. The Morgan fingerprint density at radius 3 is 2.67 bits per heavy atom. The highest BCUT2D eigenvalue weighted by Gasteiger charge is 2.08. The third-order valence-corrected chi connectivity index (χ3v) is 1.86. The van der Waals surface area contributed by atoms with E-state index in [4.69, 9.17) is 4.74 Å². The molecule has 1 unspecified atom stereocenters. The molecule has 0 aromatic carbocycles. The van der Waals surface area contributed by atoms with E-state index in [1.807, 2.05) is 32.1 Å². The Morgan fingerprint density at radius 1 is 1.53 bits per heavy atom. The van der Waals surface area contributed by atoms with Gasteiger partial charge in [0.25, 0.3) is 0 Å². The minimum absolute atomic E-state index is 0.0835. The Bertz CT molecular complexity index is 262. The van der Waals surface area contributed by atoms with Crippen LogP contribution >= 0.6 is 0 Å². The summed E-state index contributed by atoms with van der Waals surface area (Å²) in [7, 11) is 0. The molecule has 0 amide bonds. The van der Waals surface area contributed by atoms with Gasteiger partial charge >= 0.3 is 5.97 Å². The van der Waals surface area contributed by atoms with E-state index >= 15 is 0 Å². The number of ether oxygens (including phenoxy) is 1. The minimum Gasteiger partial charge on any atom is -0.462 e. The van der Waals surface area contributed by atoms with Gasteiger partial charge in [-0.2, -0.15) is 0 Å². The van der Waals surface area contributed by atoms with E-state index in [1.54, 1.807) is 13.0 Å². The van der Waals surface area contributed by atoms with Crippen molar-refractivity contribution in [1.82, 2.24) is 0 Å². The average Bonchev–Trinajstić information content (AvgIpc) is 2.18. The quantitative estimate of drug-likeness (QED) is 0.494. The van der Waals surface area contributed by atoms with Crippen LogP contribution in [0, 0.1) is 0 Å². The largest absolute Gasteiger partial charge is 0.462 e. The Morgan fingerprint density at radius 2 is 2.20 bits per heavy atom. The molecule has 0 fully saturated rings. The van der Waals surface area contributed by atoms with Crippen LogP contribution in [0.4, 0.5) is 0 Å². The molecule has 0 aromatic heterocycles. The third kappa shape index (κ3) is 6.72. The number of esters is 1. The van der Waals surface area contributed by atoms with Gasteiger partial charge in [-0.1, -0.05) is 37.8 Å². The fourth-order valence-corrected chi connectivity index (χ4v) is 1.24. The van der Waals surface area contributed by atoms with Crippen LogP contribution in [0.1, 0.15) is 33.6 Å². The number of hydrogen-bond acceptors (Lipinski definition) is 2. The summed E-state index contributed by atoms with van der Waals surface area (Å²) >= 11 is 0. The van der Waals surface area contributed by atoms with Gasteiger partial charge in [-0.05, 0) is 19.4 Å². The second-order valence-corrected chi connectivity index (χ2v) is 3.34. The number of carbonyl (C=O) groups excluding carboxylic acids is 1. The van der Waals surface area contributed by atoms with Gasteiger partial charge in [-0.25, -0.2) is 0 Å². The molecule has 0 rings (SSSR count). The van der Waals surface area contributed by atoms with E-state index in [9.17, 15) is 4.79 Å². The first-order chi connectivity index (χ1) is 7.13. The molecule has 0 aliphatic carbocycles. The molecule has 0 aliphatic heterocycles. The van der Waals surface area contributed by atoms with Gasteiger partial charge < -0.3 is 4.74 Å². The molecule has 0 spiro atoms. The van der Waals surface area contributed by atoms with Gasteiger partial charge in [-0.3, -0.25) is 4.79 Å². The van der Waals surface area contributed by atoms with Gasteiger partial charge in [0.05, 0.1) is 0 Å². The van der Waals surface area contributed by atoms with Crippen LogP contribution in [0.3, 0.4) is 0 Å². The second kappa shape index (κ2) is 8.04. The van der Waals surface area contributed by atoms with Crippen LogP contribution in [0.15, 0.2) is 36.5 Å². The highest BCUT2D eigenvalue weighted by Crippen LogP contribution is 2.11. The summed E-state index contributed by atoms with van der Waals surface area (Å²) in [6, 6.07) is 0. The fraction of sp³-hybridized carbons (Fsp3) is 0.462. The first kappa shape index (κ1) is 13.7. The smallest absolute Gasteiger partial charge is 0.305 e. The molecule has 15 heavy (non-hydrogen) atoms. The van der Waals surface area contributed by atoms with Crippen LogP contribution in [-0.4, -0.2) is 12.1 Å². The normalized spacial score (nSPS) is 13.9. The maximum atomic E-state index is 11.0. The zero-order valence-electron chi connectivity index (χ0n) is 9.82. The molecule has 0 radical (unpaired) electrons. The molecule has 0 N–H and O–H groups in total. The van der Waals surface area contributed by atoms with Crippen molar-refractivity contribution in [3.8, 4) is 0 Å². The molecule has 0 aromatic rings. The van der Waals surface area contributed by atoms with E-state index in [1.165, 1.54) is 0 Å². The van der Waals surface area contributed by atoms with Crippen LogP contribution in [0.2, 0.25) is 0 Å². The first-order valence-electron chi connectivity index (χ1n) is 5.27. The van der Waals surface area contributed by atoms with Crippen molar-refractivity contribution >= 4 is 5.97 Å². The summed E-state index contributed by atoms with van der Waals surface area (Å²) in [5, 5.41) is 0. The van der Waals surface area contributed by atoms with E-state index in [2.05, 4.69) is 6.58 Å². The average molecular weight is 208 g/mol. The lowest BCUT2D eigenvalue weighted by Crippen LogP contribution is -2.14. The highest BCUT2D eigenvalue weighted by molar-refractivity contribution is 5.69. The summed E-state index contributed by atoms with van der Waals surface area (Å²) in [6.07, 6.45) is 8.69. The SMILES string of the molecule is C=C/C=C(\C=C/C)CC(C)OC(=O)CC. The van der Waals surface area contributed by atoms with Gasteiger partial charge in [0.2, 0.25) is 0 Å². The van der Waals surface area contributed by atoms with Crippen molar-refractivity contribution in [2.45, 2.75) is 39.7 Å². The number of rotatable bonds is 6. The lowest BCUT2D eigenvalue weighted by atomic mass is 10.1. The Hall–Kier alpha value is -1.31. The van der Waals surface area contributed by atoms with Gasteiger partial charge in [0.1, 0.15) is 6.10 Å². The van der Waals surface area contributed by atoms with Crippen LogP contribution in [0.25, 0.3) is 0 Å². The molecule has 0 saturated heterocycles. The topological polar surface area (TPSA) is 26.3 Å². The van der Waals surface area contributed by atoms with E-state index < -0.39 is 0 Å². The first-order valence-corrected chi connectivity index (χ1v) is 5.27. The third-order valence-electron chi connectivity index (χ3n) is 1.86. The summed E-state index contributed by atoms with van der Waals surface area (Å²) in [5.41, 5.74) is 1.11. The van der Waals surface area contributed by atoms with Crippen LogP contribution in [0.5, 0.6) is 0 Å². The van der Waals surface area contributed by atoms with E-state index in [-0.39, 0.29) is 12.1 Å². The number of allylic oxidation sites excluding steroid dienone is 4. The molecule has 0 saturated carbocycles. The zero-order valence-corrected chi connectivity index (χ0v) is 9.82. The summed E-state index contributed by atoms with van der Waals surface area (Å²) in [5.74, 6) is -0.152. The van der Waals surface area contributed by atoms with Gasteiger partial charge in [0.15, 0.2) is 0 Å². The second-order valence-electron chi connectivity index (χ2n) is 3.34. The predicted octanol–water partition coefficient (Wildman–Crippen LogP) is 3.41. The standard InChI is InChI=1S/C13H20O2/c1-5-8-12(9-6-2)10-11(4)15-13(14)7-3/h5-6,8-9,11H,1,7,10H2,2-4H3/b9-6-,12-8+. The maximum Gasteiger partial charge on any atom is 0.305 e. The van der Waals surface area contributed by atoms with Crippen LogP contribution < -0.4 is 0 Å². The van der Waals surface area contributed by atoms with Crippen molar-refractivity contribution in [1.29, 1.82) is 0 Å². The molecular formula is C13H20O2. The van der Waals surface area contributed by atoms with E-state index in [0.717, 1.165) is 12.0 Å². The van der Waals surface area contributed by atoms with Crippen molar-refractivity contribution < 1.29 is 9.53 Å². The van der Waals surface area contributed by atoms with Crippen molar-refractivity contribution in [3.05, 3.63) is 36.5 Å². The maximum absolute atomic E-state index is 11.0. The lowest BCUT2D eigenvalue weighted by molar-refractivity contribution is -0.147.